The lowest BCUT2D eigenvalue weighted by Crippen LogP contribution is -2.18. The third-order valence-electron chi connectivity index (χ3n) is 4.15. The Hall–Kier alpha value is -1.85. The minimum atomic E-state index is -0.477. The quantitative estimate of drug-likeness (QED) is 0.561. The van der Waals surface area contributed by atoms with Gasteiger partial charge in [-0.2, -0.15) is 0 Å². The Morgan fingerprint density at radius 3 is 2.33 bits per heavy atom. The molecule has 0 bridgehead atoms. The first-order chi connectivity index (χ1) is 13.0. The molecule has 0 N–H and O–H groups in total. The molecular formula is C21H24ClNO3S. The molecule has 0 unspecified atom stereocenters. The number of carbonyl (C=O) groups is 2. The van der Waals surface area contributed by atoms with Crippen molar-refractivity contribution in [3.05, 3.63) is 51.7 Å². The van der Waals surface area contributed by atoms with Crippen molar-refractivity contribution >= 4 is 34.4 Å². The normalized spacial score (nSPS) is 10.7. The topological polar surface area (TPSA) is 56.3 Å². The average Bonchev–Trinajstić information content (AvgIpc) is 2.66. The molecule has 4 nitrogen and oxygen atoms in total. The zero-order valence-corrected chi connectivity index (χ0v) is 17.7. The average molecular weight is 406 g/mol. The van der Waals surface area contributed by atoms with Gasteiger partial charge < -0.3 is 4.74 Å². The molecule has 0 fully saturated rings. The SMILES string of the molecule is CCOC(=O)c1c(-c2ccccc2Cl)nc(CC)c(C(=O)SCC)c1CC. The molecule has 0 amide bonds. The molecule has 1 heterocycles. The summed E-state index contributed by atoms with van der Waals surface area (Å²) in [5, 5.41) is 0.441. The number of pyridine rings is 1. The highest BCUT2D eigenvalue weighted by molar-refractivity contribution is 8.14. The second-order valence-electron chi connectivity index (χ2n) is 5.76. The summed E-state index contributed by atoms with van der Waals surface area (Å²) in [6.07, 6.45) is 1.10. The van der Waals surface area contributed by atoms with E-state index < -0.39 is 5.97 Å². The van der Waals surface area contributed by atoms with Crippen molar-refractivity contribution in [3.8, 4) is 11.3 Å². The van der Waals surface area contributed by atoms with Crippen LogP contribution in [0.1, 0.15) is 59.7 Å². The van der Waals surface area contributed by atoms with E-state index in [1.807, 2.05) is 39.0 Å². The van der Waals surface area contributed by atoms with Gasteiger partial charge in [-0.15, -0.1) is 0 Å². The summed E-state index contributed by atoms with van der Waals surface area (Å²) in [6.45, 7) is 7.81. The minimum Gasteiger partial charge on any atom is -0.462 e. The summed E-state index contributed by atoms with van der Waals surface area (Å²) in [5.74, 6) is 0.182. The predicted molar refractivity (Wildman–Crippen MR) is 112 cm³/mol. The van der Waals surface area contributed by atoms with Crippen molar-refractivity contribution < 1.29 is 14.3 Å². The second-order valence-corrected chi connectivity index (χ2v) is 7.41. The van der Waals surface area contributed by atoms with Gasteiger partial charge in [-0.3, -0.25) is 9.78 Å². The largest absolute Gasteiger partial charge is 0.462 e. The van der Waals surface area contributed by atoms with Gasteiger partial charge in [-0.1, -0.05) is 62.3 Å². The molecule has 0 radical (unpaired) electrons. The third kappa shape index (κ3) is 4.53. The number of halogens is 1. The molecule has 144 valence electrons. The van der Waals surface area contributed by atoms with Gasteiger partial charge in [0.15, 0.2) is 0 Å². The number of carbonyl (C=O) groups excluding carboxylic acids is 2. The standard InChI is InChI=1S/C21H24ClNO3S/c1-5-13-17(21(25)27-8-4)16(6-2)23-19(18(13)20(24)26-7-3)14-11-9-10-12-15(14)22/h9-12H,5-8H2,1-4H3. The number of thioether (sulfide) groups is 1. The van der Waals surface area contributed by atoms with E-state index in [4.69, 9.17) is 21.3 Å². The molecule has 27 heavy (non-hydrogen) atoms. The number of ether oxygens (including phenoxy) is 1. The lowest BCUT2D eigenvalue weighted by Gasteiger charge is -2.19. The number of rotatable bonds is 7. The Kier molecular flexibility index (Phi) is 7.87. The highest BCUT2D eigenvalue weighted by Crippen LogP contribution is 2.35. The molecule has 0 aliphatic heterocycles. The monoisotopic (exact) mass is 405 g/mol. The summed E-state index contributed by atoms with van der Waals surface area (Å²) in [4.78, 5) is 30.4. The van der Waals surface area contributed by atoms with Gasteiger partial charge >= 0.3 is 5.97 Å². The highest BCUT2D eigenvalue weighted by Gasteiger charge is 2.28. The number of aromatic nitrogens is 1. The lowest BCUT2D eigenvalue weighted by molar-refractivity contribution is 0.0525. The van der Waals surface area contributed by atoms with Gasteiger partial charge in [-0.05, 0) is 37.1 Å². The highest BCUT2D eigenvalue weighted by atomic mass is 35.5. The zero-order chi connectivity index (χ0) is 20.0. The van der Waals surface area contributed by atoms with Gasteiger partial charge in [-0.25, -0.2) is 4.79 Å². The summed E-state index contributed by atoms with van der Waals surface area (Å²) in [7, 11) is 0. The maximum atomic E-state index is 12.8. The van der Waals surface area contributed by atoms with Gasteiger partial charge in [0.05, 0.1) is 29.1 Å². The molecule has 0 spiro atoms. The summed E-state index contributed by atoms with van der Waals surface area (Å²) in [5.41, 5.74) is 3.37. The molecule has 0 atom stereocenters. The van der Waals surface area contributed by atoms with Gasteiger partial charge in [0.2, 0.25) is 5.12 Å². The number of nitrogens with zero attached hydrogens (tertiary/aromatic N) is 1. The molecule has 0 aliphatic rings. The molecule has 1 aromatic carbocycles. The number of benzene rings is 1. The Morgan fingerprint density at radius 1 is 1.07 bits per heavy atom. The van der Waals surface area contributed by atoms with Crippen LogP contribution in [-0.4, -0.2) is 28.4 Å². The van der Waals surface area contributed by atoms with E-state index in [-0.39, 0.29) is 11.7 Å². The molecule has 0 saturated carbocycles. The van der Waals surface area contributed by atoms with Crippen molar-refractivity contribution in [2.75, 3.05) is 12.4 Å². The van der Waals surface area contributed by atoms with Crippen LogP contribution in [0.2, 0.25) is 5.02 Å². The number of aryl methyl sites for hydroxylation is 1. The predicted octanol–water partition coefficient (Wildman–Crippen LogP) is 5.60. The van der Waals surface area contributed by atoms with Crippen molar-refractivity contribution in [2.24, 2.45) is 0 Å². The van der Waals surface area contributed by atoms with Crippen LogP contribution in [0, 0.1) is 0 Å². The zero-order valence-electron chi connectivity index (χ0n) is 16.1. The number of hydrogen-bond donors (Lipinski definition) is 0. The van der Waals surface area contributed by atoms with Gasteiger partial charge in [0.1, 0.15) is 0 Å². The van der Waals surface area contributed by atoms with Crippen LogP contribution in [0.3, 0.4) is 0 Å². The number of esters is 1. The maximum Gasteiger partial charge on any atom is 0.340 e. The number of hydrogen-bond acceptors (Lipinski definition) is 5. The van der Waals surface area contributed by atoms with Crippen LogP contribution >= 0.6 is 23.4 Å². The molecule has 6 heteroatoms. The third-order valence-corrected chi connectivity index (χ3v) is 5.24. The van der Waals surface area contributed by atoms with E-state index in [1.165, 1.54) is 11.8 Å². The van der Waals surface area contributed by atoms with E-state index in [0.29, 0.717) is 57.3 Å². The van der Waals surface area contributed by atoms with E-state index >= 15 is 0 Å². The van der Waals surface area contributed by atoms with Crippen molar-refractivity contribution in [1.82, 2.24) is 4.98 Å². The van der Waals surface area contributed by atoms with Crippen molar-refractivity contribution in [3.63, 3.8) is 0 Å². The first-order valence-electron chi connectivity index (χ1n) is 9.14. The van der Waals surface area contributed by atoms with Crippen LogP contribution in [0.25, 0.3) is 11.3 Å². The molecule has 1 aromatic heterocycles. The van der Waals surface area contributed by atoms with E-state index in [9.17, 15) is 9.59 Å². The smallest absolute Gasteiger partial charge is 0.340 e. The second kappa shape index (κ2) is 9.90. The summed E-state index contributed by atoms with van der Waals surface area (Å²) >= 11 is 7.62. The van der Waals surface area contributed by atoms with Gasteiger partial charge in [0, 0.05) is 10.6 Å². The fourth-order valence-electron chi connectivity index (χ4n) is 3.01. The van der Waals surface area contributed by atoms with Crippen LogP contribution in [0.4, 0.5) is 0 Å². The Morgan fingerprint density at radius 2 is 1.78 bits per heavy atom. The van der Waals surface area contributed by atoms with Crippen LogP contribution < -0.4 is 0 Å². The molecular weight excluding hydrogens is 382 g/mol. The van der Waals surface area contributed by atoms with Gasteiger partial charge in [0.25, 0.3) is 0 Å². The molecule has 2 rings (SSSR count). The fraction of sp³-hybridized carbons (Fsp3) is 0.381. The van der Waals surface area contributed by atoms with Crippen molar-refractivity contribution in [1.29, 1.82) is 0 Å². The fourth-order valence-corrected chi connectivity index (χ4v) is 3.89. The lowest BCUT2D eigenvalue weighted by atomic mass is 9.93. The molecule has 2 aromatic rings. The molecule has 0 aliphatic carbocycles. The minimum absolute atomic E-state index is 0.0602. The van der Waals surface area contributed by atoms with Crippen molar-refractivity contribution in [2.45, 2.75) is 40.5 Å². The van der Waals surface area contributed by atoms with E-state index in [1.54, 1.807) is 13.0 Å². The Labute approximate surface area is 169 Å². The first kappa shape index (κ1) is 21.5. The van der Waals surface area contributed by atoms with E-state index in [2.05, 4.69) is 0 Å². The van der Waals surface area contributed by atoms with Crippen LogP contribution in [-0.2, 0) is 17.6 Å². The maximum absolute atomic E-state index is 12.8. The summed E-state index contributed by atoms with van der Waals surface area (Å²) < 4.78 is 5.30. The summed E-state index contributed by atoms with van der Waals surface area (Å²) in [6, 6.07) is 7.26. The van der Waals surface area contributed by atoms with Crippen LogP contribution in [0.5, 0.6) is 0 Å². The Balaban J connectivity index is 2.89. The van der Waals surface area contributed by atoms with Crippen LogP contribution in [0.15, 0.2) is 24.3 Å². The van der Waals surface area contributed by atoms with E-state index in [0.717, 1.165) is 0 Å². The molecule has 0 saturated heterocycles. The first-order valence-corrected chi connectivity index (χ1v) is 10.5. The Bertz CT molecular complexity index is 852.